The molecule has 3 saturated carbocycles. The van der Waals surface area contributed by atoms with E-state index in [4.69, 9.17) is 4.74 Å². The largest absolute Gasteiger partial charge is 0.463 e. The first-order chi connectivity index (χ1) is 15.6. The van der Waals surface area contributed by atoms with Crippen molar-refractivity contribution in [3.63, 3.8) is 0 Å². The molecule has 2 nitrogen and oxygen atoms in total. The molecule has 0 aromatic heterocycles. The summed E-state index contributed by atoms with van der Waals surface area (Å²) in [4.78, 5) is 11.5. The standard InChI is InChI=1S/C31H50O2/c1-8-23(20(2)3)10-9-21(4)27-13-14-28-26-12-11-24-19-25(33-22(5)32)15-17-30(24,6)29(26)16-18-31(27,28)7/h9-10,12,20-21,23-25,27-29H,8,11,13-19H2,1-7H3/b10-9+/t21?,23-,24+,25+,27?,28?,29?,30?,31?/m1/s1. The lowest BCUT2D eigenvalue weighted by Crippen LogP contribution is -2.50. The first-order valence-corrected chi connectivity index (χ1v) is 14.2. The van der Waals surface area contributed by atoms with E-state index in [1.165, 1.54) is 44.9 Å². The molecule has 0 spiro atoms. The lowest BCUT2D eigenvalue weighted by atomic mass is 9.47. The zero-order chi connectivity index (χ0) is 24.0. The Bertz CT molecular complexity index is 778. The number of hydrogen-bond donors (Lipinski definition) is 0. The molecule has 4 rings (SSSR count). The van der Waals surface area contributed by atoms with Crippen molar-refractivity contribution in [2.24, 2.45) is 52.3 Å². The first-order valence-electron chi connectivity index (χ1n) is 14.2. The molecule has 0 N–H and O–H groups in total. The van der Waals surface area contributed by atoms with Crippen molar-refractivity contribution < 1.29 is 9.53 Å². The molecular weight excluding hydrogens is 404 g/mol. The normalized spacial score (nSPS) is 42.3. The molecule has 0 amide bonds. The van der Waals surface area contributed by atoms with Gasteiger partial charge in [-0.3, -0.25) is 4.79 Å². The van der Waals surface area contributed by atoms with Crippen molar-refractivity contribution in [2.45, 2.75) is 112 Å². The average Bonchev–Trinajstić information content (AvgIpc) is 3.11. The van der Waals surface area contributed by atoms with E-state index in [0.717, 1.165) is 36.5 Å². The third-order valence-electron chi connectivity index (χ3n) is 11.1. The van der Waals surface area contributed by atoms with E-state index >= 15 is 0 Å². The van der Waals surface area contributed by atoms with E-state index in [1.54, 1.807) is 6.92 Å². The van der Waals surface area contributed by atoms with E-state index in [-0.39, 0.29) is 12.1 Å². The van der Waals surface area contributed by atoms with Gasteiger partial charge in [0.1, 0.15) is 6.10 Å². The van der Waals surface area contributed by atoms with Gasteiger partial charge in [-0.15, -0.1) is 0 Å². The van der Waals surface area contributed by atoms with Crippen molar-refractivity contribution in [1.29, 1.82) is 0 Å². The van der Waals surface area contributed by atoms with Crippen LogP contribution in [-0.4, -0.2) is 12.1 Å². The van der Waals surface area contributed by atoms with Crippen molar-refractivity contribution in [3.05, 3.63) is 23.8 Å². The van der Waals surface area contributed by atoms with Crippen LogP contribution in [0.2, 0.25) is 0 Å². The summed E-state index contributed by atoms with van der Waals surface area (Å²) >= 11 is 0. The molecule has 0 bridgehead atoms. The Morgan fingerprint density at radius 1 is 1.06 bits per heavy atom. The Labute approximate surface area is 204 Å². The Morgan fingerprint density at radius 2 is 1.76 bits per heavy atom. The number of carbonyl (C=O) groups excluding carboxylic acids is 1. The monoisotopic (exact) mass is 454 g/mol. The fourth-order valence-electron chi connectivity index (χ4n) is 9.00. The number of fused-ring (bicyclic) bond motifs is 5. The molecule has 186 valence electrons. The van der Waals surface area contributed by atoms with Crippen molar-refractivity contribution in [3.8, 4) is 0 Å². The van der Waals surface area contributed by atoms with Crippen LogP contribution in [0.1, 0.15) is 106 Å². The molecule has 0 saturated heterocycles. The highest BCUT2D eigenvalue weighted by Crippen LogP contribution is 2.66. The molecule has 4 aliphatic carbocycles. The summed E-state index contributed by atoms with van der Waals surface area (Å²) in [6.45, 7) is 16.3. The van der Waals surface area contributed by atoms with E-state index in [0.29, 0.717) is 28.6 Å². The lowest BCUT2D eigenvalue weighted by Gasteiger charge is -2.58. The molecule has 0 aliphatic heterocycles. The number of carbonyl (C=O) groups is 1. The summed E-state index contributed by atoms with van der Waals surface area (Å²) in [6, 6.07) is 0. The SMILES string of the molecule is CC[C@H](/C=C/C(C)C1CCC2C3=CC[C@H]4C[C@@H](OC(C)=O)CCC4(C)C3CCC21C)C(C)C. The van der Waals surface area contributed by atoms with Crippen LogP contribution in [0.4, 0.5) is 0 Å². The Kier molecular flexibility index (Phi) is 7.24. The zero-order valence-electron chi connectivity index (χ0n) is 22.5. The number of rotatable bonds is 6. The first kappa shape index (κ1) is 25.1. The fourth-order valence-corrected chi connectivity index (χ4v) is 9.00. The molecular formula is C31H50O2. The maximum absolute atomic E-state index is 11.5. The highest BCUT2D eigenvalue weighted by molar-refractivity contribution is 5.66. The number of hydrogen-bond acceptors (Lipinski definition) is 2. The minimum absolute atomic E-state index is 0.108. The zero-order valence-corrected chi connectivity index (χ0v) is 22.5. The van der Waals surface area contributed by atoms with Crippen LogP contribution in [0.15, 0.2) is 23.8 Å². The third kappa shape index (κ3) is 4.50. The second kappa shape index (κ2) is 9.54. The summed E-state index contributed by atoms with van der Waals surface area (Å²) in [5.74, 6) is 5.05. The fraction of sp³-hybridized carbons (Fsp3) is 0.839. The van der Waals surface area contributed by atoms with Gasteiger partial charge < -0.3 is 4.74 Å². The van der Waals surface area contributed by atoms with Crippen LogP contribution in [0.25, 0.3) is 0 Å². The molecule has 0 heterocycles. The number of allylic oxidation sites excluding steroid dienone is 4. The maximum Gasteiger partial charge on any atom is 0.302 e. The van der Waals surface area contributed by atoms with E-state index in [1.807, 2.05) is 5.57 Å². The molecule has 0 aromatic rings. The highest BCUT2D eigenvalue weighted by atomic mass is 16.5. The van der Waals surface area contributed by atoms with E-state index in [9.17, 15) is 4.79 Å². The highest BCUT2D eigenvalue weighted by Gasteiger charge is 2.58. The van der Waals surface area contributed by atoms with Gasteiger partial charge in [0.25, 0.3) is 0 Å². The second-order valence-electron chi connectivity index (χ2n) is 13.0. The van der Waals surface area contributed by atoms with Gasteiger partial charge in [-0.2, -0.15) is 0 Å². The van der Waals surface area contributed by atoms with E-state index in [2.05, 4.69) is 59.8 Å². The predicted molar refractivity (Wildman–Crippen MR) is 138 cm³/mol. The number of esters is 1. The van der Waals surface area contributed by atoms with Gasteiger partial charge in [-0.25, -0.2) is 0 Å². The van der Waals surface area contributed by atoms with Gasteiger partial charge in [0.15, 0.2) is 0 Å². The summed E-state index contributed by atoms with van der Waals surface area (Å²) in [5, 5.41) is 0. The summed E-state index contributed by atoms with van der Waals surface area (Å²) in [6.07, 6.45) is 19.3. The maximum atomic E-state index is 11.5. The van der Waals surface area contributed by atoms with Crippen molar-refractivity contribution in [1.82, 2.24) is 0 Å². The minimum Gasteiger partial charge on any atom is -0.463 e. The molecule has 6 unspecified atom stereocenters. The molecule has 0 radical (unpaired) electrons. The predicted octanol–water partition coefficient (Wildman–Crippen LogP) is 8.37. The van der Waals surface area contributed by atoms with Gasteiger partial charge in [-0.05, 0) is 110 Å². The summed E-state index contributed by atoms with van der Waals surface area (Å²) in [7, 11) is 0. The smallest absolute Gasteiger partial charge is 0.302 e. The molecule has 2 heteroatoms. The van der Waals surface area contributed by atoms with Crippen LogP contribution in [-0.2, 0) is 9.53 Å². The van der Waals surface area contributed by atoms with Crippen molar-refractivity contribution in [2.75, 3.05) is 0 Å². The third-order valence-corrected chi connectivity index (χ3v) is 11.1. The molecule has 33 heavy (non-hydrogen) atoms. The topological polar surface area (TPSA) is 26.3 Å². The van der Waals surface area contributed by atoms with Crippen LogP contribution < -0.4 is 0 Å². The minimum atomic E-state index is -0.108. The van der Waals surface area contributed by atoms with Crippen LogP contribution >= 0.6 is 0 Å². The Balaban J connectivity index is 1.50. The Hall–Kier alpha value is -1.05. The Morgan fingerprint density at radius 3 is 2.42 bits per heavy atom. The average molecular weight is 455 g/mol. The van der Waals surface area contributed by atoms with Gasteiger partial charge in [-0.1, -0.05) is 65.3 Å². The quantitative estimate of drug-likeness (QED) is 0.297. The van der Waals surface area contributed by atoms with Gasteiger partial charge in [0, 0.05) is 6.92 Å². The molecule has 3 fully saturated rings. The molecule has 0 aromatic carbocycles. The molecule has 4 aliphatic rings. The molecule has 9 atom stereocenters. The summed E-state index contributed by atoms with van der Waals surface area (Å²) in [5.41, 5.74) is 2.70. The van der Waals surface area contributed by atoms with Crippen LogP contribution in [0.5, 0.6) is 0 Å². The van der Waals surface area contributed by atoms with Crippen LogP contribution in [0, 0.1) is 52.3 Å². The van der Waals surface area contributed by atoms with E-state index < -0.39 is 0 Å². The van der Waals surface area contributed by atoms with Crippen LogP contribution in [0.3, 0.4) is 0 Å². The summed E-state index contributed by atoms with van der Waals surface area (Å²) < 4.78 is 5.64. The number of ether oxygens (including phenoxy) is 1. The lowest BCUT2D eigenvalue weighted by molar-refractivity contribution is -0.152. The van der Waals surface area contributed by atoms with Gasteiger partial charge in [0.2, 0.25) is 0 Å². The van der Waals surface area contributed by atoms with Gasteiger partial charge in [0.05, 0.1) is 0 Å². The van der Waals surface area contributed by atoms with Crippen molar-refractivity contribution >= 4 is 5.97 Å². The van der Waals surface area contributed by atoms with Gasteiger partial charge >= 0.3 is 5.97 Å². The second-order valence-corrected chi connectivity index (χ2v) is 13.0.